The molecule has 0 spiro atoms. The number of nitrogens with zero attached hydrogens (tertiary/aromatic N) is 1. The number of hydrogen-bond donors (Lipinski definition) is 1. The van der Waals surface area contributed by atoms with Crippen molar-refractivity contribution in [2.45, 2.75) is 32.5 Å². The van der Waals surface area contributed by atoms with E-state index in [0.29, 0.717) is 31.2 Å². The van der Waals surface area contributed by atoms with Gasteiger partial charge in [0.1, 0.15) is 12.4 Å². The number of benzene rings is 2. The summed E-state index contributed by atoms with van der Waals surface area (Å²) in [6.07, 6.45) is 1.44. The molecule has 132 valence electrons. The Morgan fingerprint density at radius 3 is 2.36 bits per heavy atom. The lowest BCUT2D eigenvalue weighted by Gasteiger charge is -2.33. The van der Waals surface area contributed by atoms with Crippen LogP contribution in [0.1, 0.15) is 35.7 Å². The molecule has 0 radical (unpaired) electrons. The Hall–Kier alpha value is -2.33. The molecule has 1 atom stereocenters. The van der Waals surface area contributed by atoms with E-state index in [2.05, 4.69) is 0 Å². The first-order valence-electron chi connectivity index (χ1n) is 8.87. The fraction of sp³-hybridized carbons (Fsp3) is 0.381. The Morgan fingerprint density at radius 2 is 1.76 bits per heavy atom. The summed E-state index contributed by atoms with van der Waals surface area (Å²) in [4.78, 5) is 14.5. The van der Waals surface area contributed by atoms with Crippen LogP contribution in [-0.4, -0.2) is 35.1 Å². The summed E-state index contributed by atoms with van der Waals surface area (Å²) in [6, 6.07) is 17.3. The minimum Gasteiger partial charge on any atom is -0.489 e. The molecule has 0 bridgehead atoms. The molecule has 1 heterocycles. The van der Waals surface area contributed by atoms with E-state index in [1.54, 1.807) is 0 Å². The molecule has 0 aliphatic carbocycles. The predicted octanol–water partition coefficient (Wildman–Crippen LogP) is 3.50. The van der Waals surface area contributed by atoms with Crippen LogP contribution in [0.3, 0.4) is 0 Å². The lowest BCUT2D eigenvalue weighted by molar-refractivity contribution is 0.0521. The Labute approximate surface area is 149 Å². The molecule has 4 heteroatoms. The monoisotopic (exact) mass is 339 g/mol. The molecule has 2 aromatic carbocycles. The van der Waals surface area contributed by atoms with Gasteiger partial charge in [-0.1, -0.05) is 30.3 Å². The highest BCUT2D eigenvalue weighted by Crippen LogP contribution is 2.22. The third-order valence-corrected chi connectivity index (χ3v) is 4.86. The third-order valence-electron chi connectivity index (χ3n) is 4.86. The lowest BCUT2D eigenvalue weighted by atomic mass is 9.92. The number of carbonyl (C=O) groups excluding carboxylic acids is 1. The minimum absolute atomic E-state index is 0.0690. The van der Waals surface area contributed by atoms with Crippen molar-refractivity contribution in [2.75, 3.05) is 13.1 Å². The van der Waals surface area contributed by atoms with Crippen molar-refractivity contribution in [1.82, 2.24) is 4.90 Å². The van der Waals surface area contributed by atoms with Crippen molar-refractivity contribution in [3.63, 3.8) is 0 Å². The number of likely N-dealkylation sites (tertiary alicyclic amines) is 1. The fourth-order valence-electron chi connectivity index (χ4n) is 3.19. The highest BCUT2D eigenvalue weighted by Gasteiger charge is 2.25. The van der Waals surface area contributed by atoms with Gasteiger partial charge in [-0.05, 0) is 55.5 Å². The van der Waals surface area contributed by atoms with Crippen molar-refractivity contribution in [1.29, 1.82) is 0 Å². The second-order valence-corrected chi connectivity index (χ2v) is 6.67. The van der Waals surface area contributed by atoms with Gasteiger partial charge in [0.15, 0.2) is 0 Å². The van der Waals surface area contributed by atoms with Crippen molar-refractivity contribution < 1.29 is 14.6 Å². The minimum atomic E-state index is -0.291. The molecule has 1 saturated heterocycles. The summed E-state index contributed by atoms with van der Waals surface area (Å²) in [7, 11) is 0. The molecule has 2 aromatic rings. The van der Waals surface area contributed by atoms with Crippen LogP contribution in [0.2, 0.25) is 0 Å². The maximum absolute atomic E-state index is 12.6. The maximum atomic E-state index is 12.6. The van der Waals surface area contributed by atoms with Gasteiger partial charge in [-0.15, -0.1) is 0 Å². The standard InChI is InChI=1S/C21H25NO3/c1-16(23)18-11-13-22(14-12-18)21(24)19-9-7-17(8-10-19)15-25-20-5-3-2-4-6-20/h2-10,16,18,23H,11-15H2,1H3. The second-order valence-electron chi connectivity index (χ2n) is 6.67. The van der Waals surface area contributed by atoms with Crippen molar-refractivity contribution >= 4 is 5.91 Å². The van der Waals surface area contributed by atoms with E-state index in [4.69, 9.17) is 4.74 Å². The summed E-state index contributed by atoms with van der Waals surface area (Å²) in [5.74, 6) is 1.21. The topological polar surface area (TPSA) is 49.8 Å². The SMILES string of the molecule is CC(O)C1CCN(C(=O)c2ccc(COc3ccccc3)cc2)CC1. The number of hydrogen-bond acceptors (Lipinski definition) is 3. The number of amides is 1. The van der Waals surface area contributed by atoms with Gasteiger partial charge in [0.2, 0.25) is 0 Å². The summed E-state index contributed by atoms with van der Waals surface area (Å²) in [5.41, 5.74) is 1.74. The zero-order valence-electron chi connectivity index (χ0n) is 14.6. The van der Waals surface area contributed by atoms with Gasteiger partial charge < -0.3 is 14.7 Å². The van der Waals surface area contributed by atoms with E-state index in [0.717, 1.165) is 24.2 Å². The molecule has 1 N–H and O–H groups in total. The second kappa shape index (κ2) is 8.17. The molecule has 0 saturated carbocycles. The average Bonchev–Trinajstić information content (AvgIpc) is 2.67. The van der Waals surface area contributed by atoms with Crippen LogP contribution in [0, 0.1) is 5.92 Å². The number of para-hydroxylation sites is 1. The lowest BCUT2D eigenvalue weighted by Crippen LogP contribution is -2.40. The molecule has 0 aromatic heterocycles. The largest absolute Gasteiger partial charge is 0.489 e. The van der Waals surface area contributed by atoms with Crippen LogP contribution in [-0.2, 0) is 6.61 Å². The summed E-state index contributed by atoms with van der Waals surface area (Å²) in [5, 5.41) is 9.67. The van der Waals surface area contributed by atoms with Crippen LogP contribution in [0.15, 0.2) is 54.6 Å². The number of piperidine rings is 1. The van der Waals surface area contributed by atoms with E-state index in [-0.39, 0.29) is 12.0 Å². The van der Waals surface area contributed by atoms with E-state index < -0.39 is 0 Å². The molecule has 1 fully saturated rings. The average molecular weight is 339 g/mol. The number of carbonyl (C=O) groups is 1. The van der Waals surface area contributed by atoms with Crippen LogP contribution in [0.25, 0.3) is 0 Å². The maximum Gasteiger partial charge on any atom is 0.253 e. The number of rotatable bonds is 5. The zero-order valence-corrected chi connectivity index (χ0v) is 14.6. The normalized spacial score (nSPS) is 16.5. The van der Waals surface area contributed by atoms with Gasteiger partial charge in [-0.25, -0.2) is 0 Å². The van der Waals surface area contributed by atoms with Gasteiger partial charge in [0, 0.05) is 18.7 Å². The van der Waals surface area contributed by atoms with E-state index >= 15 is 0 Å². The predicted molar refractivity (Wildman–Crippen MR) is 97.5 cm³/mol. The first-order chi connectivity index (χ1) is 12.1. The zero-order chi connectivity index (χ0) is 17.6. The van der Waals surface area contributed by atoms with Crippen LogP contribution in [0.4, 0.5) is 0 Å². The Kier molecular flexibility index (Phi) is 5.71. The number of ether oxygens (including phenoxy) is 1. The van der Waals surface area contributed by atoms with E-state index in [1.165, 1.54) is 0 Å². The summed E-state index contributed by atoms with van der Waals surface area (Å²) < 4.78 is 5.72. The number of aliphatic hydroxyl groups excluding tert-OH is 1. The van der Waals surface area contributed by atoms with Crippen molar-refractivity contribution in [2.24, 2.45) is 5.92 Å². The molecular weight excluding hydrogens is 314 g/mol. The molecule has 1 unspecified atom stereocenters. The van der Waals surface area contributed by atoms with Crippen molar-refractivity contribution in [3.05, 3.63) is 65.7 Å². The van der Waals surface area contributed by atoms with Gasteiger partial charge >= 0.3 is 0 Å². The van der Waals surface area contributed by atoms with Crippen molar-refractivity contribution in [3.8, 4) is 5.75 Å². The molecular formula is C21H25NO3. The first kappa shape index (κ1) is 17.5. The quantitative estimate of drug-likeness (QED) is 0.907. The van der Waals surface area contributed by atoms with Crippen LogP contribution in [0.5, 0.6) is 5.75 Å². The third kappa shape index (κ3) is 4.60. The van der Waals surface area contributed by atoms with Crippen LogP contribution >= 0.6 is 0 Å². The van der Waals surface area contributed by atoms with Gasteiger partial charge in [-0.3, -0.25) is 4.79 Å². The Bertz CT molecular complexity index is 674. The first-order valence-corrected chi connectivity index (χ1v) is 8.87. The molecule has 3 rings (SSSR count). The van der Waals surface area contributed by atoms with Crippen LogP contribution < -0.4 is 4.74 Å². The fourth-order valence-corrected chi connectivity index (χ4v) is 3.19. The van der Waals surface area contributed by atoms with Gasteiger partial charge in [-0.2, -0.15) is 0 Å². The molecule has 25 heavy (non-hydrogen) atoms. The summed E-state index contributed by atoms with van der Waals surface area (Å²) >= 11 is 0. The van der Waals surface area contributed by atoms with Gasteiger partial charge in [0.05, 0.1) is 6.10 Å². The molecule has 1 aliphatic rings. The molecule has 1 amide bonds. The highest BCUT2D eigenvalue weighted by atomic mass is 16.5. The van der Waals surface area contributed by atoms with E-state index in [9.17, 15) is 9.90 Å². The molecule has 4 nitrogen and oxygen atoms in total. The highest BCUT2D eigenvalue weighted by molar-refractivity contribution is 5.94. The van der Waals surface area contributed by atoms with Gasteiger partial charge in [0.25, 0.3) is 5.91 Å². The summed E-state index contributed by atoms with van der Waals surface area (Å²) in [6.45, 7) is 3.75. The Morgan fingerprint density at radius 1 is 1.12 bits per heavy atom. The van der Waals surface area contributed by atoms with E-state index in [1.807, 2.05) is 66.4 Å². The smallest absolute Gasteiger partial charge is 0.253 e. The Balaban J connectivity index is 1.54. The number of aliphatic hydroxyl groups is 1. The molecule has 1 aliphatic heterocycles.